The molecule has 0 fully saturated rings. The number of hydrazine groups is 1. The molecular weight excluding hydrogens is 236 g/mol. The van der Waals surface area contributed by atoms with E-state index in [2.05, 4.69) is 10.4 Å². The van der Waals surface area contributed by atoms with Crippen molar-refractivity contribution in [2.24, 2.45) is 12.9 Å². The molecule has 0 aliphatic rings. The van der Waals surface area contributed by atoms with Gasteiger partial charge >= 0.3 is 0 Å². The van der Waals surface area contributed by atoms with Gasteiger partial charge in [-0.2, -0.15) is 0 Å². The molecular formula is C12H15ClN4. The lowest BCUT2D eigenvalue weighted by molar-refractivity contribution is 0.577. The minimum Gasteiger partial charge on any atom is -0.336 e. The minimum atomic E-state index is -0.159. The standard InChI is InChI=1S/C12H15ClN4/c1-8-3-4-9(13)7-10(8)11(16-14)12-15-5-6-17(12)2/h3-7,11,16H,14H2,1-2H3. The maximum atomic E-state index is 6.02. The topological polar surface area (TPSA) is 55.9 Å². The molecule has 0 amide bonds. The Kier molecular flexibility index (Phi) is 3.47. The van der Waals surface area contributed by atoms with Crippen molar-refractivity contribution in [2.45, 2.75) is 13.0 Å². The van der Waals surface area contributed by atoms with Crippen molar-refractivity contribution in [3.63, 3.8) is 0 Å². The van der Waals surface area contributed by atoms with Gasteiger partial charge in [-0.1, -0.05) is 17.7 Å². The fraction of sp³-hybridized carbons (Fsp3) is 0.250. The van der Waals surface area contributed by atoms with E-state index in [0.717, 1.165) is 17.0 Å². The van der Waals surface area contributed by atoms with Crippen molar-refractivity contribution < 1.29 is 0 Å². The van der Waals surface area contributed by atoms with Gasteiger partial charge in [-0.3, -0.25) is 5.84 Å². The zero-order chi connectivity index (χ0) is 12.4. The molecule has 2 aromatic rings. The largest absolute Gasteiger partial charge is 0.336 e. The predicted molar refractivity (Wildman–Crippen MR) is 68.6 cm³/mol. The number of nitrogens with one attached hydrogen (secondary N) is 1. The van der Waals surface area contributed by atoms with Crippen LogP contribution in [0.1, 0.15) is 23.0 Å². The van der Waals surface area contributed by atoms with Crippen LogP contribution in [0, 0.1) is 6.92 Å². The summed E-state index contributed by atoms with van der Waals surface area (Å²) in [5.41, 5.74) is 4.95. The fourth-order valence-electron chi connectivity index (χ4n) is 1.88. The molecule has 5 heteroatoms. The lowest BCUT2D eigenvalue weighted by Crippen LogP contribution is -2.31. The third kappa shape index (κ3) is 2.34. The first-order valence-electron chi connectivity index (χ1n) is 5.33. The SMILES string of the molecule is Cc1ccc(Cl)cc1C(NN)c1nccn1C. The quantitative estimate of drug-likeness (QED) is 0.647. The number of nitrogens with two attached hydrogens (primary N) is 1. The van der Waals surface area contributed by atoms with Crippen LogP contribution >= 0.6 is 11.6 Å². The average Bonchev–Trinajstić information content (AvgIpc) is 2.71. The van der Waals surface area contributed by atoms with E-state index >= 15 is 0 Å². The molecule has 0 spiro atoms. The number of aromatic nitrogens is 2. The number of hydrogen-bond donors (Lipinski definition) is 2. The van der Waals surface area contributed by atoms with Crippen LogP contribution in [0.4, 0.5) is 0 Å². The van der Waals surface area contributed by atoms with Crippen LogP contribution in [-0.4, -0.2) is 9.55 Å². The molecule has 0 saturated carbocycles. The lowest BCUT2D eigenvalue weighted by Gasteiger charge is -2.18. The smallest absolute Gasteiger partial charge is 0.131 e. The Bertz CT molecular complexity index is 521. The van der Waals surface area contributed by atoms with Crippen molar-refractivity contribution in [3.8, 4) is 0 Å². The van der Waals surface area contributed by atoms with Crippen LogP contribution < -0.4 is 11.3 Å². The number of aryl methyl sites for hydroxylation is 2. The van der Waals surface area contributed by atoms with Gasteiger partial charge in [-0.15, -0.1) is 0 Å². The van der Waals surface area contributed by atoms with E-state index in [1.807, 2.05) is 42.9 Å². The summed E-state index contributed by atoms with van der Waals surface area (Å²) in [6.07, 6.45) is 3.64. The van der Waals surface area contributed by atoms with E-state index in [1.54, 1.807) is 6.20 Å². The highest BCUT2D eigenvalue weighted by atomic mass is 35.5. The normalized spacial score (nSPS) is 12.7. The van der Waals surface area contributed by atoms with E-state index in [0.29, 0.717) is 5.02 Å². The van der Waals surface area contributed by atoms with Crippen molar-refractivity contribution in [3.05, 3.63) is 52.6 Å². The van der Waals surface area contributed by atoms with Gasteiger partial charge in [0.05, 0.1) is 0 Å². The second-order valence-corrected chi connectivity index (χ2v) is 4.43. The molecule has 1 aromatic heterocycles. The maximum absolute atomic E-state index is 6.02. The van der Waals surface area contributed by atoms with Crippen molar-refractivity contribution in [1.82, 2.24) is 15.0 Å². The van der Waals surface area contributed by atoms with Gasteiger partial charge in [0.25, 0.3) is 0 Å². The Morgan fingerprint density at radius 1 is 1.47 bits per heavy atom. The van der Waals surface area contributed by atoms with Crippen molar-refractivity contribution >= 4 is 11.6 Å². The number of nitrogens with zero attached hydrogens (tertiary/aromatic N) is 2. The first-order valence-corrected chi connectivity index (χ1v) is 5.70. The molecule has 0 saturated heterocycles. The van der Waals surface area contributed by atoms with E-state index < -0.39 is 0 Å². The molecule has 4 nitrogen and oxygen atoms in total. The average molecular weight is 251 g/mol. The molecule has 1 unspecified atom stereocenters. The first-order chi connectivity index (χ1) is 8.13. The van der Waals surface area contributed by atoms with Gasteiger partial charge in [-0.25, -0.2) is 10.4 Å². The van der Waals surface area contributed by atoms with Crippen LogP contribution in [0.5, 0.6) is 0 Å². The monoisotopic (exact) mass is 250 g/mol. The summed E-state index contributed by atoms with van der Waals surface area (Å²) in [5.74, 6) is 6.50. The highest BCUT2D eigenvalue weighted by Crippen LogP contribution is 2.25. The molecule has 1 aromatic carbocycles. The highest BCUT2D eigenvalue weighted by molar-refractivity contribution is 6.30. The zero-order valence-electron chi connectivity index (χ0n) is 9.81. The molecule has 90 valence electrons. The summed E-state index contributed by atoms with van der Waals surface area (Å²) in [4.78, 5) is 4.31. The third-order valence-electron chi connectivity index (χ3n) is 2.84. The summed E-state index contributed by atoms with van der Waals surface area (Å²) >= 11 is 6.02. The Hall–Kier alpha value is -1.36. The number of rotatable bonds is 3. The maximum Gasteiger partial charge on any atom is 0.131 e. The number of hydrogen-bond acceptors (Lipinski definition) is 3. The number of benzene rings is 1. The molecule has 1 heterocycles. The van der Waals surface area contributed by atoms with Crippen LogP contribution in [-0.2, 0) is 7.05 Å². The van der Waals surface area contributed by atoms with Gasteiger partial charge in [0.1, 0.15) is 11.9 Å². The Labute approximate surface area is 105 Å². The van der Waals surface area contributed by atoms with E-state index in [1.165, 1.54) is 0 Å². The number of halogens is 1. The van der Waals surface area contributed by atoms with Gasteiger partial charge in [-0.05, 0) is 30.2 Å². The van der Waals surface area contributed by atoms with Crippen LogP contribution in [0.15, 0.2) is 30.6 Å². The molecule has 0 aliphatic heterocycles. The molecule has 0 radical (unpaired) electrons. The van der Waals surface area contributed by atoms with Gasteiger partial charge in [0.2, 0.25) is 0 Å². The molecule has 0 bridgehead atoms. The second kappa shape index (κ2) is 4.87. The van der Waals surface area contributed by atoms with Gasteiger partial charge in [0.15, 0.2) is 0 Å². The summed E-state index contributed by atoms with van der Waals surface area (Å²) < 4.78 is 1.94. The van der Waals surface area contributed by atoms with Crippen LogP contribution in [0.25, 0.3) is 0 Å². The summed E-state index contributed by atoms with van der Waals surface area (Å²) in [7, 11) is 1.94. The Morgan fingerprint density at radius 3 is 2.82 bits per heavy atom. The van der Waals surface area contributed by atoms with E-state index in [9.17, 15) is 0 Å². The summed E-state index contributed by atoms with van der Waals surface area (Å²) in [6, 6.07) is 5.60. The fourth-order valence-corrected chi connectivity index (χ4v) is 2.06. The molecule has 3 N–H and O–H groups in total. The van der Waals surface area contributed by atoms with Crippen LogP contribution in [0.2, 0.25) is 5.02 Å². The molecule has 17 heavy (non-hydrogen) atoms. The molecule has 1 atom stereocenters. The third-order valence-corrected chi connectivity index (χ3v) is 3.07. The molecule has 2 rings (SSSR count). The zero-order valence-corrected chi connectivity index (χ0v) is 10.6. The van der Waals surface area contributed by atoms with E-state index in [4.69, 9.17) is 17.4 Å². The highest BCUT2D eigenvalue weighted by Gasteiger charge is 2.18. The Morgan fingerprint density at radius 2 is 2.24 bits per heavy atom. The summed E-state index contributed by atoms with van der Waals surface area (Å²) in [6.45, 7) is 2.03. The van der Waals surface area contributed by atoms with Gasteiger partial charge < -0.3 is 4.57 Å². The van der Waals surface area contributed by atoms with Crippen LogP contribution in [0.3, 0.4) is 0 Å². The number of imidazole rings is 1. The van der Waals surface area contributed by atoms with Crippen molar-refractivity contribution in [2.75, 3.05) is 0 Å². The first kappa shape index (κ1) is 12.1. The lowest BCUT2D eigenvalue weighted by atomic mass is 10.0. The van der Waals surface area contributed by atoms with Gasteiger partial charge in [0, 0.05) is 24.5 Å². The second-order valence-electron chi connectivity index (χ2n) is 4.00. The summed E-state index contributed by atoms with van der Waals surface area (Å²) in [5, 5.41) is 0.694. The minimum absolute atomic E-state index is 0.159. The van der Waals surface area contributed by atoms with E-state index in [-0.39, 0.29) is 6.04 Å². The molecule has 0 aliphatic carbocycles. The Balaban J connectivity index is 2.49. The predicted octanol–water partition coefficient (Wildman–Crippen LogP) is 1.93. The van der Waals surface area contributed by atoms with Crippen molar-refractivity contribution in [1.29, 1.82) is 0 Å².